The number of nitrogen functional groups attached to an aromatic ring is 1. The van der Waals surface area contributed by atoms with Crippen molar-refractivity contribution < 1.29 is 18.0 Å². The van der Waals surface area contributed by atoms with Crippen molar-refractivity contribution in [2.45, 2.75) is 32.0 Å². The molecule has 0 saturated carbocycles. The van der Waals surface area contributed by atoms with Gasteiger partial charge >= 0.3 is 6.18 Å². The molecule has 5 nitrogen and oxygen atoms in total. The van der Waals surface area contributed by atoms with Gasteiger partial charge in [-0.1, -0.05) is 0 Å². The number of nitrogens with two attached hydrogens (primary N) is 1. The number of piperidine rings is 1. The molecule has 1 aliphatic rings. The lowest BCUT2D eigenvalue weighted by Crippen LogP contribution is -2.37. The van der Waals surface area contributed by atoms with Crippen LogP contribution in [0, 0.1) is 0 Å². The third-order valence-corrected chi connectivity index (χ3v) is 3.04. The molecule has 0 spiro atoms. The number of hydrogen-bond donors (Lipinski definition) is 1. The third kappa shape index (κ3) is 3.18. The Kier molecular flexibility index (Phi) is 3.68. The van der Waals surface area contributed by atoms with Gasteiger partial charge in [-0.05, 0) is 19.3 Å². The Balaban J connectivity index is 2.22. The number of likely N-dealkylation sites (tertiary alicyclic amines) is 1. The maximum absolute atomic E-state index is 12.4. The molecule has 0 unspecified atom stereocenters. The lowest BCUT2D eigenvalue weighted by atomic mass is 10.1. The second kappa shape index (κ2) is 5.10. The number of aromatic nitrogens is 2. The zero-order chi connectivity index (χ0) is 14.0. The molecule has 19 heavy (non-hydrogen) atoms. The highest BCUT2D eigenvalue weighted by Gasteiger charge is 2.32. The van der Waals surface area contributed by atoms with Crippen LogP contribution < -0.4 is 5.73 Å². The molecule has 1 aliphatic heterocycles. The fourth-order valence-electron chi connectivity index (χ4n) is 2.17. The number of alkyl halides is 3. The SMILES string of the molecule is Nc1cnn(CC(F)(F)F)c1C(=O)N1CCCCC1. The van der Waals surface area contributed by atoms with Crippen molar-refractivity contribution in [2.75, 3.05) is 18.8 Å². The van der Waals surface area contributed by atoms with Crippen LogP contribution in [0.4, 0.5) is 18.9 Å². The minimum atomic E-state index is -4.44. The Morgan fingerprint density at radius 1 is 1.32 bits per heavy atom. The highest BCUT2D eigenvalue weighted by Crippen LogP contribution is 2.22. The van der Waals surface area contributed by atoms with Crippen molar-refractivity contribution in [3.63, 3.8) is 0 Å². The fraction of sp³-hybridized carbons (Fsp3) is 0.636. The molecule has 2 rings (SSSR count). The zero-order valence-electron chi connectivity index (χ0n) is 10.3. The number of halogens is 3. The minimum absolute atomic E-state index is 0.0141. The van der Waals surface area contributed by atoms with E-state index in [4.69, 9.17) is 5.73 Å². The summed E-state index contributed by atoms with van der Waals surface area (Å²) < 4.78 is 37.9. The van der Waals surface area contributed by atoms with Gasteiger partial charge in [-0.2, -0.15) is 18.3 Å². The highest BCUT2D eigenvalue weighted by molar-refractivity contribution is 5.97. The monoisotopic (exact) mass is 276 g/mol. The summed E-state index contributed by atoms with van der Waals surface area (Å²) in [6.07, 6.45) is -0.600. The van der Waals surface area contributed by atoms with E-state index in [0.717, 1.165) is 25.5 Å². The summed E-state index contributed by atoms with van der Waals surface area (Å²) >= 11 is 0. The lowest BCUT2D eigenvalue weighted by molar-refractivity contribution is -0.142. The van der Waals surface area contributed by atoms with E-state index < -0.39 is 18.6 Å². The largest absolute Gasteiger partial charge is 0.408 e. The van der Waals surface area contributed by atoms with E-state index in [-0.39, 0.29) is 11.4 Å². The van der Waals surface area contributed by atoms with Gasteiger partial charge in [0.05, 0.1) is 11.9 Å². The average Bonchev–Trinajstić information content (AvgIpc) is 2.68. The van der Waals surface area contributed by atoms with Crippen molar-refractivity contribution in [1.29, 1.82) is 0 Å². The van der Waals surface area contributed by atoms with E-state index in [1.807, 2.05) is 0 Å². The molecular formula is C11H15F3N4O. The Morgan fingerprint density at radius 2 is 1.95 bits per heavy atom. The Labute approximate surface area is 108 Å². The van der Waals surface area contributed by atoms with E-state index in [9.17, 15) is 18.0 Å². The van der Waals surface area contributed by atoms with E-state index >= 15 is 0 Å². The van der Waals surface area contributed by atoms with E-state index in [1.165, 1.54) is 4.90 Å². The second-order valence-electron chi connectivity index (χ2n) is 4.57. The molecule has 1 amide bonds. The van der Waals surface area contributed by atoms with Crippen LogP contribution in [-0.4, -0.2) is 39.9 Å². The quantitative estimate of drug-likeness (QED) is 0.893. The predicted octanol–water partition coefficient (Wildman–Crippen LogP) is 1.65. The molecule has 1 aromatic rings. The number of hydrogen-bond acceptors (Lipinski definition) is 3. The third-order valence-electron chi connectivity index (χ3n) is 3.04. The van der Waals surface area contributed by atoms with Crippen LogP contribution in [0.3, 0.4) is 0 Å². The van der Waals surface area contributed by atoms with Gasteiger partial charge < -0.3 is 10.6 Å². The lowest BCUT2D eigenvalue weighted by Gasteiger charge is -2.27. The van der Waals surface area contributed by atoms with Crippen molar-refractivity contribution in [3.05, 3.63) is 11.9 Å². The number of amides is 1. The summed E-state index contributed by atoms with van der Waals surface area (Å²) in [6, 6.07) is 0. The zero-order valence-corrected chi connectivity index (χ0v) is 10.3. The van der Waals surface area contributed by atoms with Crippen molar-refractivity contribution in [2.24, 2.45) is 0 Å². The smallest absolute Gasteiger partial charge is 0.396 e. The van der Waals surface area contributed by atoms with Gasteiger partial charge in [0.1, 0.15) is 12.2 Å². The summed E-state index contributed by atoms with van der Waals surface area (Å²) in [5, 5.41) is 3.54. The standard InChI is InChI=1S/C11H15F3N4O/c12-11(13,14)7-18-9(8(15)6-16-18)10(19)17-4-2-1-3-5-17/h6H,1-5,7,15H2. The number of rotatable bonds is 2. The van der Waals surface area contributed by atoms with Crippen LogP contribution in [0.2, 0.25) is 0 Å². The topological polar surface area (TPSA) is 64.1 Å². The molecule has 0 bridgehead atoms. The van der Waals surface area contributed by atoms with Crippen LogP contribution in [0.25, 0.3) is 0 Å². The number of anilines is 1. The van der Waals surface area contributed by atoms with Crippen LogP contribution in [-0.2, 0) is 6.54 Å². The van der Waals surface area contributed by atoms with Crippen LogP contribution in [0.15, 0.2) is 6.20 Å². The van der Waals surface area contributed by atoms with Gasteiger partial charge in [0.25, 0.3) is 5.91 Å². The molecule has 106 valence electrons. The minimum Gasteiger partial charge on any atom is -0.396 e. The summed E-state index contributed by atoms with van der Waals surface area (Å²) in [6.45, 7) is -0.204. The van der Waals surface area contributed by atoms with Gasteiger partial charge in [0.15, 0.2) is 0 Å². The first-order chi connectivity index (χ1) is 8.88. The molecule has 0 radical (unpaired) electrons. The molecule has 1 saturated heterocycles. The highest BCUT2D eigenvalue weighted by atomic mass is 19.4. The normalized spacial score (nSPS) is 16.7. The first kappa shape index (κ1) is 13.7. The average molecular weight is 276 g/mol. The molecule has 0 atom stereocenters. The summed E-state index contributed by atoms with van der Waals surface area (Å²) in [4.78, 5) is 13.7. The van der Waals surface area contributed by atoms with E-state index in [2.05, 4.69) is 5.10 Å². The summed E-state index contributed by atoms with van der Waals surface area (Å²) in [5.41, 5.74) is 5.39. The van der Waals surface area contributed by atoms with Crippen molar-refractivity contribution in [3.8, 4) is 0 Å². The molecule has 2 N–H and O–H groups in total. The first-order valence-corrected chi connectivity index (χ1v) is 6.06. The van der Waals surface area contributed by atoms with Crippen molar-refractivity contribution >= 4 is 11.6 Å². The molecule has 0 aromatic carbocycles. The first-order valence-electron chi connectivity index (χ1n) is 6.06. The summed E-state index contributed by atoms with van der Waals surface area (Å²) in [5.74, 6) is -0.473. The molecule has 8 heteroatoms. The van der Waals surface area contributed by atoms with Crippen LogP contribution in [0.1, 0.15) is 29.8 Å². The molecule has 1 fully saturated rings. The van der Waals surface area contributed by atoms with E-state index in [1.54, 1.807) is 0 Å². The maximum atomic E-state index is 12.4. The second-order valence-corrected chi connectivity index (χ2v) is 4.57. The summed E-state index contributed by atoms with van der Waals surface area (Å²) in [7, 11) is 0. The number of carbonyl (C=O) groups is 1. The van der Waals surface area contributed by atoms with Crippen molar-refractivity contribution in [1.82, 2.24) is 14.7 Å². The molecular weight excluding hydrogens is 261 g/mol. The van der Waals surface area contributed by atoms with E-state index in [0.29, 0.717) is 17.8 Å². The van der Waals surface area contributed by atoms with Gasteiger partial charge in [-0.15, -0.1) is 0 Å². The Morgan fingerprint density at radius 3 is 2.53 bits per heavy atom. The maximum Gasteiger partial charge on any atom is 0.408 e. The van der Waals surface area contributed by atoms with Gasteiger partial charge in [0, 0.05) is 13.1 Å². The molecule has 2 heterocycles. The van der Waals surface area contributed by atoms with Crippen LogP contribution >= 0.6 is 0 Å². The molecule has 0 aliphatic carbocycles. The molecule has 1 aromatic heterocycles. The Hall–Kier alpha value is -1.73. The van der Waals surface area contributed by atoms with Gasteiger partial charge in [-0.25, -0.2) is 4.68 Å². The van der Waals surface area contributed by atoms with Crippen LogP contribution in [0.5, 0.6) is 0 Å². The fourth-order valence-corrected chi connectivity index (χ4v) is 2.17. The van der Waals surface area contributed by atoms with Gasteiger partial charge in [-0.3, -0.25) is 4.79 Å². The number of nitrogens with zero attached hydrogens (tertiary/aromatic N) is 3. The van der Waals surface area contributed by atoms with Gasteiger partial charge in [0.2, 0.25) is 0 Å². The Bertz CT molecular complexity index is 463. The number of carbonyl (C=O) groups excluding carboxylic acids is 1. The predicted molar refractivity (Wildman–Crippen MR) is 62.4 cm³/mol.